The fraction of sp³-hybridized carbons (Fsp3) is 0.333. The summed E-state index contributed by atoms with van der Waals surface area (Å²) in [4.78, 5) is 21.6. The minimum Gasteiger partial charge on any atom is -0.339 e. The number of nitriles is 2. The first-order valence-corrected chi connectivity index (χ1v) is 10.9. The molecule has 9 nitrogen and oxygen atoms in total. The zero-order chi connectivity index (χ0) is 23.2. The van der Waals surface area contributed by atoms with Crippen molar-refractivity contribution >= 4 is 17.5 Å². The average molecular weight is 441 g/mol. The summed E-state index contributed by atoms with van der Waals surface area (Å²) < 4.78 is 1.94. The summed E-state index contributed by atoms with van der Waals surface area (Å²) >= 11 is 0. The Labute approximate surface area is 192 Å². The molecule has 1 amide bonds. The minimum absolute atomic E-state index is 0.0646. The van der Waals surface area contributed by atoms with Gasteiger partial charge in [0.25, 0.3) is 5.91 Å². The van der Waals surface area contributed by atoms with Gasteiger partial charge >= 0.3 is 0 Å². The van der Waals surface area contributed by atoms with E-state index in [4.69, 9.17) is 10.5 Å². The fourth-order valence-electron chi connectivity index (χ4n) is 4.08. The Bertz CT molecular complexity index is 1230. The number of rotatable bonds is 6. The first-order valence-electron chi connectivity index (χ1n) is 10.9. The topological polar surface area (TPSA) is 132 Å². The van der Waals surface area contributed by atoms with Gasteiger partial charge in [-0.1, -0.05) is 18.2 Å². The number of benzene rings is 1. The van der Waals surface area contributed by atoms with Crippen LogP contribution in [0.4, 0.5) is 11.6 Å². The van der Waals surface area contributed by atoms with Crippen LogP contribution in [0.2, 0.25) is 0 Å². The monoisotopic (exact) mass is 440 g/mol. The molecule has 0 atom stereocenters. The van der Waals surface area contributed by atoms with E-state index < -0.39 is 0 Å². The van der Waals surface area contributed by atoms with Gasteiger partial charge in [0.05, 0.1) is 35.8 Å². The maximum absolute atomic E-state index is 12.5. The van der Waals surface area contributed by atoms with Crippen molar-refractivity contribution in [2.75, 3.05) is 11.9 Å². The molecule has 2 heterocycles. The highest BCUT2D eigenvalue weighted by Crippen LogP contribution is 2.32. The number of hydrogen-bond acceptors (Lipinski definition) is 7. The van der Waals surface area contributed by atoms with Crippen LogP contribution in [0.25, 0.3) is 11.3 Å². The molecule has 0 unspecified atom stereocenters. The van der Waals surface area contributed by atoms with Crippen molar-refractivity contribution in [1.82, 2.24) is 25.1 Å². The van der Waals surface area contributed by atoms with Crippen molar-refractivity contribution in [3.63, 3.8) is 0 Å². The molecule has 0 radical (unpaired) electrons. The normalized spacial score (nSPS) is 17.5. The van der Waals surface area contributed by atoms with Crippen molar-refractivity contribution in [1.29, 1.82) is 10.5 Å². The number of carbonyl (C=O) groups excluding carboxylic acids is 1. The molecule has 166 valence electrons. The zero-order valence-corrected chi connectivity index (χ0v) is 18.3. The largest absolute Gasteiger partial charge is 0.339 e. The number of nitrogens with zero attached hydrogens (tertiary/aromatic N) is 6. The summed E-state index contributed by atoms with van der Waals surface area (Å²) in [5, 5.41) is 28.1. The van der Waals surface area contributed by atoms with E-state index in [1.807, 2.05) is 36.0 Å². The van der Waals surface area contributed by atoms with Gasteiger partial charge in [0.2, 0.25) is 5.95 Å². The number of carbonyl (C=O) groups is 1. The van der Waals surface area contributed by atoms with Gasteiger partial charge in [0.1, 0.15) is 6.54 Å². The van der Waals surface area contributed by atoms with E-state index in [9.17, 15) is 4.79 Å². The highest BCUT2D eigenvalue weighted by Gasteiger charge is 2.23. The molecule has 1 aromatic carbocycles. The highest BCUT2D eigenvalue weighted by atomic mass is 16.1. The Morgan fingerprint density at radius 3 is 2.73 bits per heavy atom. The van der Waals surface area contributed by atoms with Crippen molar-refractivity contribution in [3.05, 3.63) is 54.0 Å². The Morgan fingerprint density at radius 2 is 1.97 bits per heavy atom. The van der Waals surface area contributed by atoms with E-state index in [-0.39, 0.29) is 18.4 Å². The van der Waals surface area contributed by atoms with Crippen LogP contribution < -0.4 is 10.6 Å². The summed E-state index contributed by atoms with van der Waals surface area (Å²) in [6.45, 7) is 1.82. The number of aromatic nitrogens is 4. The van der Waals surface area contributed by atoms with E-state index in [0.29, 0.717) is 28.8 Å². The lowest BCUT2D eigenvalue weighted by atomic mass is 9.87. The van der Waals surface area contributed by atoms with Crippen molar-refractivity contribution < 1.29 is 4.79 Å². The van der Waals surface area contributed by atoms with Crippen LogP contribution in [0.1, 0.15) is 47.6 Å². The van der Waals surface area contributed by atoms with Gasteiger partial charge in [0, 0.05) is 29.4 Å². The molecule has 1 fully saturated rings. The first kappa shape index (κ1) is 22.0. The minimum atomic E-state index is -0.327. The van der Waals surface area contributed by atoms with E-state index in [1.54, 1.807) is 24.5 Å². The first-order chi connectivity index (χ1) is 16.1. The second-order valence-corrected chi connectivity index (χ2v) is 8.08. The maximum Gasteiger partial charge on any atom is 0.252 e. The Balaban J connectivity index is 1.54. The fourth-order valence-corrected chi connectivity index (χ4v) is 4.08. The van der Waals surface area contributed by atoms with Gasteiger partial charge in [-0.15, -0.1) is 0 Å². The molecule has 1 aliphatic rings. The molecule has 3 aromatic rings. The lowest BCUT2D eigenvalue weighted by Gasteiger charge is -2.24. The number of hydrogen-bond donors (Lipinski definition) is 2. The van der Waals surface area contributed by atoms with Gasteiger partial charge in [-0.25, -0.2) is 9.97 Å². The summed E-state index contributed by atoms with van der Waals surface area (Å²) in [5.41, 5.74) is 3.35. The molecule has 0 aliphatic heterocycles. The van der Waals surface area contributed by atoms with Crippen molar-refractivity contribution in [2.24, 2.45) is 5.92 Å². The smallest absolute Gasteiger partial charge is 0.252 e. The molecule has 0 bridgehead atoms. The molecule has 9 heteroatoms. The Hall–Kier alpha value is -4.24. The van der Waals surface area contributed by atoms with Crippen LogP contribution in [0.15, 0.2) is 42.9 Å². The Morgan fingerprint density at radius 1 is 1.18 bits per heavy atom. The van der Waals surface area contributed by atoms with Crippen LogP contribution in [0, 0.1) is 35.5 Å². The Kier molecular flexibility index (Phi) is 6.61. The third-order valence-corrected chi connectivity index (χ3v) is 5.84. The average Bonchev–Trinajstić information content (AvgIpc) is 3.32. The number of amides is 1. The third-order valence-electron chi connectivity index (χ3n) is 5.84. The molecule has 2 N–H and O–H groups in total. The van der Waals surface area contributed by atoms with E-state index in [0.717, 1.165) is 36.9 Å². The molecule has 0 spiro atoms. The molecular formula is C24H24N8O. The lowest BCUT2D eigenvalue weighted by molar-refractivity contribution is 0.0959. The lowest BCUT2D eigenvalue weighted by Crippen LogP contribution is -2.24. The molecule has 33 heavy (non-hydrogen) atoms. The molecule has 4 rings (SSSR count). The summed E-state index contributed by atoms with van der Waals surface area (Å²) in [6.07, 6.45) is 9.06. The van der Waals surface area contributed by atoms with Gasteiger partial charge in [0.15, 0.2) is 0 Å². The second-order valence-electron chi connectivity index (χ2n) is 8.08. The van der Waals surface area contributed by atoms with Gasteiger partial charge in [-0.05, 0) is 44.2 Å². The van der Waals surface area contributed by atoms with Crippen LogP contribution in [-0.2, 0) is 0 Å². The van der Waals surface area contributed by atoms with Crippen molar-refractivity contribution in [2.45, 2.75) is 38.6 Å². The van der Waals surface area contributed by atoms with Gasteiger partial charge in [-0.2, -0.15) is 15.6 Å². The quantitative estimate of drug-likeness (QED) is 0.555. The predicted molar refractivity (Wildman–Crippen MR) is 122 cm³/mol. The number of aryl methyl sites for hydroxylation is 1. The summed E-state index contributed by atoms with van der Waals surface area (Å²) in [5.74, 6) is 0.223. The second kappa shape index (κ2) is 9.92. The van der Waals surface area contributed by atoms with Crippen LogP contribution in [0.5, 0.6) is 0 Å². The summed E-state index contributed by atoms with van der Waals surface area (Å²) in [6, 6.07) is 11.7. The SMILES string of the molecule is Cc1cnc(Nc2cnn(C3CCC(C#N)CC3)c2)nc1-c1ccccc1C(=O)NCC#N. The van der Waals surface area contributed by atoms with E-state index in [2.05, 4.69) is 31.8 Å². The van der Waals surface area contributed by atoms with Crippen molar-refractivity contribution in [3.8, 4) is 23.4 Å². The molecule has 2 aromatic heterocycles. The van der Waals surface area contributed by atoms with Crippen LogP contribution in [0.3, 0.4) is 0 Å². The number of nitrogens with one attached hydrogen (secondary N) is 2. The van der Waals surface area contributed by atoms with Crippen LogP contribution in [-0.4, -0.2) is 32.2 Å². The molecule has 1 aliphatic carbocycles. The zero-order valence-electron chi connectivity index (χ0n) is 18.3. The maximum atomic E-state index is 12.5. The molecule has 1 saturated carbocycles. The third kappa shape index (κ3) is 4.99. The van der Waals surface area contributed by atoms with Crippen LogP contribution >= 0.6 is 0 Å². The van der Waals surface area contributed by atoms with E-state index in [1.165, 1.54) is 0 Å². The highest BCUT2D eigenvalue weighted by molar-refractivity contribution is 6.00. The standard InChI is InChI=1S/C24H24N8O/c1-16-13-28-24(30-18-14-29-32(15-18)19-8-6-17(12-26)7-9-19)31-22(16)20-4-2-3-5-21(20)23(33)27-11-10-25/h2-5,13-15,17,19H,6-9,11H2,1H3,(H,27,33)(H,28,30,31). The number of anilines is 2. The van der Waals surface area contributed by atoms with Gasteiger partial charge < -0.3 is 10.6 Å². The predicted octanol–water partition coefficient (Wildman–Crippen LogP) is 3.90. The summed E-state index contributed by atoms with van der Waals surface area (Å²) in [7, 11) is 0. The molecule has 0 saturated heterocycles. The van der Waals surface area contributed by atoms with Gasteiger partial charge in [-0.3, -0.25) is 9.48 Å². The van der Waals surface area contributed by atoms with E-state index >= 15 is 0 Å². The molecular weight excluding hydrogens is 416 g/mol.